The number of thiol groups is 1. The number of carboxylic acid groups (broad SMARTS) is 1. The van der Waals surface area contributed by atoms with Gasteiger partial charge in [0.05, 0.1) is 7.11 Å². The van der Waals surface area contributed by atoms with Gasteiger partial charge in [-0.3, -0.25) is 9.63 Å². The van der Waals surface area contributed by atoms with E-state index in [4.69, 9.17) is 4.84 Å². The van der Waals surface area contributed by atoms with E-state index in [9.17, 15) is 9.90 Å². The molecule has 0 aliphatic heterocycles. The predicted molar refractivity (Wildman–Crippen MR) is 113 cm³/mol. The van der Waals surface area contributed by atoms with Crippen molar-refractivity contribution in [2.75, 3.05) is 12.9 Å². The van der Waals surface area contributed by atoms with Crippen molar-refractivity contribution < 1.29 is 14.7 Å². The van der Waals surface area contributed by atoms with Crippen molar-refractivity contribution in [3.63, 3.8) is 0 Å². The SMILES string of the molecule is CON([C@@H](CS)C(=O)O)C(c1ccccc1)(c1ccccc1)c1ccccc1. The summed E-state index contributed by atoms with van der Waals surface area (Å²) < 4.78 is 0. The second-order valence-electron chi connectivity index (χ2n) is 6.35. The Hall–Kier alpha value is -2.60. The number of hydrogen-bond acceptors (Lipinski definition) is 4. The molecule has 0 bridgehead atoms. The molecule has 1 atom stereocenters. The van der Waals surface area contributed by atoms with E-state index in [1.807, 2.05) is 91.0 Å². The lowest BCUT2D eigenvalue weighted by molar-refractivity contribution is -0.213. The van der Waals surface area contributed by atoms with Crippen molar-refractivity contribution in [3.8, 4) is 0 Å². The Labute approximate surface area is 170 Å². The molecule has 5 heteroatoms. The topological polar surface area (TPSA) is 49.8 Å². The zero-order valence-electron chi connectivity index (χ0n) is 15.6. The average molecular weight is 394 g/mol. The van der Waals surface area contributed by atoms with Crippen LogP contribution in [0.1, 0.15) is 16.7 Å². The van der Waals surface area contributed by atoms with Crippen LogP contribution in [0.25, 0.3) is 0 Å². The summed E-state index contributed by atoms with van der Waals surface area (Å²) in [6, 6.07) is 28.5. The van der Waals surface area contributed by atoms with Crippen molar-refractivity contribution in [1.29, 1.82) is 0 Å². The Morgan fingerprint density at radius 1 is 0.893 bits per heavy atom. The molecule has 0 fully saturated rings. The van der Waals surface area contributed by atoms with Crippen LogP contribution < -0.4 is 0 Å². The van der Waals surface area contributed by atoms with Gasteiger partial charge in [0.25, 0.3) is 0 Å². The summed E-state index contributed by atoms with van der Waals surface area (Å²) in [5, 5.41) is 11.5. The summed E-state index contributed by atoms with van der Waals surface area (Å²) >= 11 is 4.31. The highest BCUT2D eigenvalue weighted by molar-refractivity contribution is 7.80. The van der Waals surface area contributed by atoms with E-state index in [1.54, 1.807) is 5.06 Å². The summed E-state index contributed by atoms with van der Waals surface area (Å²) in [6.45, 7) is 0. The lowest BCUT2D eigenvalue weighted by Crippen LogP contribution is -2.55. The van der Waals surface area contributed by atoms with Crippen LogP contribution in [-0.4, -0.2) is 35.0 Å². The van der Waals surface area contributed by atoms with Crippen LogP contribution in [0.2, 0.25) is 0 Å². The van der Waals surface area contributed by atoms with Gasteiger partial charge in [0.15, 0.2) is 0 Å². The third-order valence-corrected chi connectivity index (χ3v) is 5.19. The first-order chi connectivity index (χ1) is 13.7. The monoisotopic (exact) mass is 393 g/mol. The summed E-state index contributed by atoms with van der Waals surface area (Å²) in [5.41, 5.74) is 1.75. The lowest BCUT2D eigenvalue weighted by Gasteiger charge is -2.45. The van der Waals surface area contributed by atoms with Gasteiger partial charge in [-0.05, 0) is 16.7 Å². The summed E-state index contributed by atoms with van der Waals surface area (Å²) in [7, 11) is 1.50. The molecule has 3 rings (SSSR count). The van der Waals surface area contributed by atoms with E-state index in [0.29, 0.717) is 0 Å². The van der Waals surface area contributed by atoms with Crippen molar-refractivity contribution in [1.82, 2.24) is 5.06 Å². The highest BCUT2D eigenvalue weighted by Gasteiger charge is 2.47. The standard InChI is InChI=1S/C23H23NO3S/c1-27-24(21(17-28)22(25)26)23(18-11-5-2-6-12-18,19-13-7-3-8-14-19)20-15-9-4-10-16-20/h2-16,21,28H,17H2,1H3,(H,25,26)/t21-/m0/s1. The van der Waals surface area contributed by atoms with E-state index < -0.39 is 17.6 Å². The number of aliphatic carboxylic acids is 1. The molecule has 0 amide bonds. The minimum atomic E-state index is -0.996. The van der Waals surface area contributed by atoms with Gasteiger partial charge in [-0.1, -0.05) is 91.0 Å². The zero-order valence-corrected chi connectivity index (χ0v) is 16.5. The van der Waals surface area contributed by atoms with E-state index in [-0.39, 0.29) is 5.75 Å². The quantitative estimate of drug-likeness (QED) is 0.342. The summed E-state index contributed by atoms with van der Waals surface area (Å²) in [4.78, 5) is 17.9. The molecule has 4 nitrogen and oxygen atoms in total. The van der Waals surface area contributed by atoms with E-state index in [2.05, 4.69) is 12.6 Å². The Bertz CT molecular complexity index is 791. The molecule has 0 heterocycles. The second-order valence-corrected chi connectivity index (χ2v) is 6.72. The van der Waals surface area contributed by atoms with Gasteiger partial charge in [0.1, 0.15) is 11.6 Å². The molecule has 3 aromatic rings. The van der Waals surface area contributed by atoms with Gasteiger partial charge < -0.3 is 5.11 Å². The first-order valence-corrected chi connectivity index (χ1v) is 9.63. The number of benzene rings is 3. The molecule has 0 aromatic heterocycles. The number of nitrogens with zero attached hydrogens (tertiary/aromatic N) is 1. The maximum absolute atomic E-state index is 12.1. The molecule has 1 N–H and O–H groups in total. The fourth-order valence-corrected chi connectivity index (χ4v) is 3.97. The molecule has 0 unspecified atom stereocenters. The number of carboxylic acids is 1. The molecule has 144 valence electrons. The van der Waals surface area contributed by atoms with E-state index in [0.717, 1.165) is 16.7 Å². The Balaban J connectivity index is 2.41. The smallest absolute Gasteiger partial charge is 0.324 e. The normalized spacial score (nSPS) is 12.7. The van der Waals surface area contributed by atoms with Crippen LogP contribution in [0.4, 0.5) is 0 Å². The van der Waals surface area contributed by atoms with Gasteiger partial charge >= 0.3 is 5.97 Å². The van der Waals surface area contributed by atoms with Crippen LogP contribution in [0.5, 0.6) is 0 Å². The highest BCUT2D eigenvalue weighted by Crippen LogP contribution is 2.43. The third-order valence-electron chi connectivity index (χ3n) is 4.84. The molecule has 0 saturated heterocycles. The van der Waals surface area contributed by atoms with Crippen LogP contribution in [-0.2, 0) is 15.2 Å². The Morgan fingerprint density at radius 3 is 1.50 bits per heavy atom. The molecular weight excluding hydrogens is 370 g/mol. The highest BCUT2D eigenvalue weighted by atomic mass is 32.1. The minimum absolute atomic E-state index is 0.0947. The number of rotatable bonds is 8. The van der Waals surface area contributed by atoms with E-state index in [1.165, 1.54) is 7.11 Å². The second kappa shape index (κ2) is 9.06. The zero-order chi connectivity index (χ0) is 20.0. The fourth-order valence-electron chi connectivity index (χ4n) is 3.67. The predicted octanol–water partition coefficient (Wildman–Crippen LogP) is 4.22. The molecule has 28 heavy (non-hydrogen) atoms. The summed E-state index contributed by atoms with van der Waals surface area (Å²) in [6.07, 6.45) is 0. The molecule has 0 spiro atoms. The Morgan fingerprint density at radius 2 is 1.25 bits per heavy atom. The molecular formula is C23H23NO3S. The first-order valence-electron chi connectivity index (χ1n) is 9.00. The molecule has 0 aliphatic rings. The number of hydroxylamine groups is 2. The first kappa shape index (κ1) is 20.1. The Kier molecular flexibility index (Phi) is 6.52. The minimum Gasteiger partial charge on any atom is -0.480 e. The van der Waals surface area contributed by atoms with Crippen LogP contribution in [0.15, 0.2) is 91.0 Å². The largest absolute Gasteiger partial charge is 0.480 e. The van der Waals surface area contributed by atoms with Crippen LogP contribution in [0, 0.1) is 0 Å². The third kappa shape index (κ3) is 3.56. The van der Waals surface area contributed by atoms with Gasteiger partial charge in [-0.25, -0.2) is 0 Å². The van der Waals surface area contributed by atoms with Crippen molar-refractivity contribution in [2.45, 2.75) is 11.6 Å². The van der Waals surface area contributed by atoms with Gasteiger partial charge in [-0.15, -0.1) is 0 Å². The van der Waals surface area contributed by atoms with Crippen molar-refractivity contribution in [3.05, 3.63) is 108 Å². The number of hydrogen-bond donors (Lipinski definition) is 2. The van der Waals surface area contributed by atoms with Crippen LogP contribution in [0.3, 0.4) is 0 Å². The maximum atomic E-state index is 12.1. The summed E-state index contributed by atoms with van der Waals surface area (Å²) in [5.74, 6) is -0.902. The van der Waals surface area contributed by atoms with Gasteiger partial charge in [0.2, 0.25) is 0 Å². The lowest BCUT2D eigenvalue weighted by atomic mass is 9.76. The average Bonchev–Trinajstić information content (AvgIpc) is 2.75. The molecule has 0 aliphatic carbocycles. The van der Waals surface area contributed by atoms with Crippen LogP contribution >= 0.6 is 12.6 Å². The van der Waals surface area contributed by atoms with Gasteiger partial charge in [0, 0.05) is 5.75 Å². The van der Waals surface area contributed by atoms with Crippen molar-refractivity contribution in [2.24, 2.45) is 0 Å². The molecule has 3 aromatic carbocycles. The number of carbonyl (C=O) groups is 1. The maximum Gasteiger partial charge on any atom is 0.324 e. The van der Waals surface area contributed by atoms with Gasteiger partial charge in [-0.2, -0.15) is 17.7 Å². The van der Waals surface area contributed by atoms with Crippen molar-refractivity contribution >= 4 is 18.6 Å². The molecule has 0 saturated carbocycles. The molecule has 0 radical (unpaired) electrons. The van der Waals surface area contributed by atoms with E-state index >= 15 is 0 Å². The fraction of sp³-hybridized carbons (Fsp3) is 0.174.